The summed E-state index contributed by atoms with van der Waals surface area (Å²) in [6, 6.07) is 15.0. The lowest BCUT2D eigenvalue weighted by Gasteiger charge is -2.07. The molecule has 3 rings (SSSR count). The first-order valence-corrected chi connectivity index (χ1v) is 7.67. The molecule has 126 valence electrons. The fourth-order valence-corrected chi connectivity index (χ4v) is 2.23. The molecule has 6 nitrogen and oxygen atoms in total. The maximum Gasteiger partial charge on any atom is 0.277 e. The second kappa shape index (κ2) is 7.92. The molecule has 0 saturated carbocycles. The highest BCUT2D eigenvalue weighted by atomic mass is 16.5. The van der Waals surface area contributed by atoms with E-state index in [1.807, 2.05) is 36.4 Å². The van der Waals surface area contributed by atoms with Crippen molar-refractivity contribution >= 4 is 22.9 Å². The van der Waals surface area contributed by atoms with Gasteiger partial charge in [-0.2, -0.15) is 5.10 Å². The molecule has 0 saturated heterocycles. The van der Waals surface area contributed by atoms with Crippen LogP contribution >= 0.6 is 0 Å². The van der Waals surface area contributed by atoms with E-state index in [0.717, 1.165) is 22.1 Å². The summed E-state index contributed by atoms with van der Waals surface area (Å²) in [7, 11) is 1.63. The molecule has 6 heteroatoms. The SMILES string of the molecule is COc1ccc2cc(OCC(=O)N/N=C/c3ccncc3)ccc2c1. The fraction of sp³-hybridized carbons (Fsp3) is 0.105. The average molecular weight is 335 g/mol. The van der Waals surface area contributed by atoms with Gasteiger partial charge in [0.05, 0.1) is 13.3 Å². The van der Waals surface area contributed by atoms with Crippen molar-refractivity contribution in [3.63, 3.8) is 0 Å². The number of aromatic nitrogens is 1. The predicted molar refractivity (Wildman–Crippen MR) is 96.0 cm³/mol. The van der Waals surface area contributed by atoms with Crippen LogP contribution in [0.1, 0.15) is 5.56 Å². The number of hydrogen-bond donors (Lipinski definition) is 1. The number of hydrogen-bond acceptors (Lipinski definition) is 5. The standard InChI is InChI=1S/C19H17N3O3/c1-24-17-4-2-16-11-18(5-3-15(16)10-17)25-13-19(23)22-21-12-14-6-8-20-9-7-14/h2-12H,13H2,1H3,(H,22,23)/b21-12+. The van der Waals surface area contributed by atoms with Crippen LogP contribution in [0.2, 0.25) is 0 Å². The van der Waals surface area contributed by atoms with E-state index >= 15 is 0 Å². The molecule has 3 aromatic rings. The summed E-state index contributed by atoms with van der Waals surface area (Å²) in [5.41, 5.74) is 3.27. The number of nitrogens with zero attached hydrogens (tertiary/aromatic N) is 2. The topological polar surface area (TPSA) is 72.8 Å². The van der Waals surface area contributed by atoms with Gasteiger partial charge in [0.15, 0.2) is 6.61 Å². The number of carbonyl (C=O) groups is 1. The second-order valence-corrected chi connectivity index (χ2v) is 5.24. The lowest BCUT2D eigenvalue weighted by Crippen LogP contribution is -2.24. The Hall–Kier alpha value is -3.41. The molecule has 25 heavy (non-hydrogen) atoms. The van der Waals surface area contributed by atoms with E-state index in [2.05, 4.69) is 15.5 Å². The van der Waals surface area contributed by atoms with Gasteiger partial charge in [-0.05, 0) is 52.7 Å². The molecule has 1 aromatic heterocycles. The minimum Gasteiger partial charge on any atom is -0.497 e. The van der Waals surface area contributed by atoms with Crippen LogP contribution in [0.15, 0.2) is 66.0 Å². The molecule has 1 N–H and O–H groups in total. The monoisotopic (exact) mass is 335 g/mol. The Morgan fingerprint density at radius 3 is 2.48 bits per heavy atom. The van der Waals surface area contributed by atoms with Crippen molar-refractivity contribution in [3.8, 4) is 11.5 Å². The smallest absolute Gasteiger partial charge is 0.277 e. The lowest BCUT2D eigenvalue weighted by molar-refractivity contribution is -0.123. The molecule has 0 aliphatic rings. The van der Waals surface area contributed by atoms with Crippen LogP contribution in [0.5, 0.6) is 11.5 Å². The fourth-order valence-electron chi connectivity index (χ4n) is 2.23. The molecule has 0 aliphatic carbocycles. The van der Waals surface area contributed by atoms with Gasteiger partial charge in [-0.25, -0.2) is 5.43 Å². The third-order valence-electron chi connectivity index (χ3n) is 3.50. The van der Waals surface area contributed by atoms with Crippen LogP contribution < -0.4 is 14.9 Å². The maximum atomic E-state index is 11.8. The van der Waals surface area contributed by atoms with Gasteiger partial charge in [0.2, 0.25) is 0 Å². The average Bonchev–Trinajstić information content (AvgIpc) is 2.66. The highest BCUT2D eigenvalue weighted by Gasteiger charge is 2.03. The van der Waals surface area contributed by atoms with E-state index in [-0.39, 0.29) is 12.5 Å². The van der Waals surface area contributed by atoms with Crippen molar-refractivity contribution in [2.75, 3.05) is 13.7 Å². The number of benzene rings is 2. The molecule has 0 radical (unpaired) electrons. The number of nitrogens with one attached hydrogen (secondary N) is 1. The molecule has 2 aromatic carbocycles. The quantitative estimate of drug-likeness (QED) is 0.555. The van der Waals surface area contributed by atoms with Crippen LogP contribution in [0.25, 0.3) is 10.8 Å². The molecule has 0 atom stereocenters. The Morgan fingerprint density at radius 1 is 1.08 bits per heavy atom. The molecule has 0 bridgehead atoms. The molecule has 0 aliphatic heterocycles. The molecular formula is C19H17N3O3. The predicted octanol–water partition coefficient (Wildman–Crippen LogP) is 2.77. The van der Waals surface area contributed by atoms with E-state index in [1.54, 1.807) is 37.9 Å². The molecule has 0 spiro atoms. The number of rotatable bonds is 6. The molecule has 1 heterocycles. The minimum atomic E-state index is -0.333. The lowest BCUT2D eigenvalue weighted by atomic mass is 10.1. The third kappa shape index (κ3) is 4.54. The van der Waals surface area contributed by atoms with E-state index in [0.29, 0.717) is 5.75 Å². The Bertz CT molecular complexity index is 895. The summed E-state index contributed by atoms with van der Waals surface area (Å²) < 4.78 is 10.7. The number of ether oxygens (including phenoxy) is 2. The van der Waals surface area contributed by atoms with Crippen molar-refractivity contribution in [1.82, 2.24) is 10.4 Å². The van der Waals surface area contributed by atoms with Crippen molar-refractivity contribution in [3.05, 3.63) is 66.5 Å². The van der Waals surface area contributed by atoms with Crippen LogP contribution in [0.3, 0.4) is 0 Å². The first-order chi connectivity index (χ1) is 12.2. The maximum absolute atomic E-state index is 11.8. The van der Waals surface area contributed by atoms with Crippen LogP contribution in [-0.2, 0) is 4.79 Å². The minimum absolute atomic E-state index is 0.116. The highest BCUT2D eigenvalue weighted by Crippen LogP contribution is 2.24. The Balaban J connectivity index is 1.55. The van der Waals surface area contributed by atoms with E-state index in [4.69, 9.17) is 9.47 Å². The first kappa shape index (κ1) is 16.4. The third-order valence-corrected chi connectivity index (χ3v) is 3.50. The zero-order valence-corrected chi connectivity index (χ0v) is 13.7. The zero-order valence-electron chi connectivity index (χ0n) is 13.7. The Labute approximate surface area is 145 Å². The van der Waals surface area contributed by atoms with E-state index in [9.17, 15) is 4.79 Å². The Kier molecular flexibility index (Phi) is 5.21. The van der Waals surface area contributed by atoms with Gasteiger partial charge in [-0.1, -0.05) is 12.1 Å². The van der Waals surface area contributed by atoms with Crippen molar-refractivity contribution in [1.29, 1.82) is 0 Å². The molecular weight excluding hydrogens is 318 g/mol. The van der Waals surface area contributed by atoms with Crippen LogP contribution in [-0.4, -0.2) is 30.8 Å². The number of fused-ring (bicyclic) bond motifs is 1. The zero-order chi connectivity index (χ0) is 17.5. The second-order valence-electron chi connectivity index (χ2n) is 5.24. The number of hydrazone groups is 1. The molecule has 0 fully saturated rings. The number of pyridine rings is 1. The van der Waals surface area contributed by atoms with Crippen LogP contribution in [0.4, 0.5) is 0 Å². The number of methoxy groups -OCH3 is 1. The number of carbonyl (C=O) groups excluding carboxylic acids is 1. The van der Waals surface area contributed by atoms with Gasteiger partial charge in [-0.15, -0.1) is 0 Å². The normalized spacial score (nSPS) is 10.8. The van der Waals surface area contributed by atoms with Crippen molar-refractivity contribution in [2.24, 2.45) is 5.10 Å². The van der Waals surface area contributed by atoms with E-state index in [1.165, 1.54) is 0 Å². The summed E-state index contributed by atoms with van der Waals surface area (Å²) >= 11 is 0. The summed E-state index contributed by atoms with van der Waals surface area (Å²) in [6.07, 6.45) is 4.85. The van der Waals surface area contributed by atoms with Crippen LogP contribution in [0, 0.1) is 0 Å². The highest BCUT2D eigenvalue weighted by molar-refractivity contribution is 5.85. The first-order valence-electron chi connectivity index (χ1n) is 7.67. The largest absolute Gasteiger partial charge is 0.497 e. The van der Waals surface area contributed by atoms with Gasteiger partial charge in [0, 0.05) is 12.4 Å². The summed E-state index contributed by atoms with van der Waals surface area (Å²) in [6.45, 7) is -0.116. The van der Waals surface area contributed by atoms with Gasteiger partial charge in [0.1, 0.15) is 11.5 Å². The van der Waals surface area contributed by atoms with Gasteiger partial charge < -0.3 is 9.47 Å². The Morgan fingerprint density at radius 2 is 1.76 bits per heavy atom. The van der Waals surface area contributed by atoms with Gasteiger partial charge in [0.25, 0.3) is 5.91 Å². The van der Waals surface area contributed by atoms with Gasteiger partial charge in [-0.3, -0.25) is 9.78 Å². The molecule has 0 unspecified atom stereocenters. The number of amides is 1. The van der Waals surface area contributed by atoms with E-state index < -0.39 is 0 Å². The van der Waals surface area contributed by atoms with Crippen molar-refractivity contribution in [2.45, 2.75) is 0 Å². The summed E-state index contributed by atoms with van der Waals surface area (Å²) in [5.74, 6) is 1.08. The summed E-state index contributed by atoms with van der Waals surface area (Å²) in [5, 5.41) is 5.93. The van der Waals surface area contributed by atoms with Crippen molar-refractivity contribution < 1.29 is 14.3 Å². The van der Waals surface area contributed by atoms with Gasteiger partial charge >= 0.3 is 0 Å². The summed E-state index contributed by atoms with van der Waals surface area (Å²) in [4.78, 5) is 15.7. The molecule has 1 amide bonds.